The first kappa shape index (κ1) is 26.2. The highest BCUT2D eigenvalue weighted by molar-refractivity contribution is 6.12. The molecular weight excluding hydrogens is 558 g/mol. The molecule has 6 aromatic carbocycles. The van der Waals surface area contributed by atoms with Crippen molar-refractivity contribution in [3.05, 3.63) is 157 Å². The van der Waals surface area contributed by atoms with Gasteiger partial charge in [0.05, 0.1) is 33.3 Å². The Bertz CT molecular complexity index is 2650. The molecule has 46 heavy (non-hydrogen) atoms. The average molecular weight is 588 g/mol. The Morgan fingerprint density at radius 3 is 1.50 bits per heavy atom. The Kier molecular flexibility index (Phi) is 5.78. The van der Waals surface area contributed by atoms with Crippen LogP contribution in [-0.2, 0) is 0 Å². The minimum absolute atomic E-state index is 1.09. The van der Waals surface area contributed by atoms with Gasteiger partial charge in [-0.25, -0.2) is 0 Å². The van der Waals surface area contributed by atoms with Gasteiger partial charge in [0, 0.05) is 44.0 Å². The molecule has 216 valence electrons. The van der Waals surface area contributed by atoms with Gasteiger partial charge < -0.3 is 13.7 Å². The maximum Gasteiger partial charge on any atom is 0.0542 e. The van der Waals surface area contributed by atoms with Crippen LogP contribution in [0.1, 0.15) is 11.3 Å². The molecule has 0 saturated carbocycles. The standard InChI is InChI=1S/C43H29N3/c1-3-4-19-38-29(2)33-16-8-11-20-39(33)45(38)31-23-25-42-36(27-31)37-28-32(24-26-43(37)44(42)30-14-6-5-7-15-30)46-40-21-12-9-17-34(40)35-18-10-13-22-41(35)46/h1,4-28H,2H3/b19-4-. The van der Waals surface area contributed by atoms with Crippen molar-refractivity contribution < 1.29 is 0 Å². The predicted octanol–water partition coefficient (Wildman–Crippen LogP) is 10.8. The molecular formula is C43H29N3. The molecule has 0 atom stereocenters. The van der Waals surface area contributed by atoms with Crippen molar-refractivity contribution in [2.75, 3.05) is 0 Å². The number of hydrogen-bond acceptors (Lipinski definition) is 0. The van der Waals surface area contributed by atoms with Crippen molar-refractivity contribution in [3.63, 3.8) is 0 Å². The summed E-state index contributed by atoms with van der Waals surface area (Å²) >= 11 is 0. The number of fused-ring (bicyclic) bond motifs is 7. The Morgan fingerprint density at radius 2 is 0.913 bits per heavy atom. The summed E-state index contributed by atoms with van der Waals surface area (Å²) in [6, 6.07) is 50.3. The molecule has 0 amide bonds. The molecule has 0 N–H and O–H groups in total. The molecule has 0 aliphatic heterocycles. The van der Waals surface area contributed by atoms with Gasteiger partial charge in [0.25, 0.3) is 0 Å². The quantitative estimate of drug-likeness (QED) is 0.182. The van der Waals surface area contributed by atoms with E-state index >= 15 is 0 Å². The van der Waals surface area contributed by atoms with Crippen molar-refractivity contribution in [2.45, 2.75) is 6.92 Å². The molecule has 0 radical (unpaired) electrons. The molecule has 9 aromatic rings. The van der Waals surface area contributed by atoms with E-state index in [2.05, 4.69) is 166 Å². The summed E-state index contributed by atoms with van der Waals surface area (Å²) < 4.78 is 7.11. The van der Waals surface area contributed by atoms with Crippen LogP contribution in [0, 0.1) is 19.3 Å². The summed E-state index contributed by atoms with van der Waals surface area (Å²) in [6.07, 6.45) is 9.51. The van der Waals surface area contributed by atoms with Crippen LogP contribution in [0.4, 0.5) is 0 Å². The highest BCUT2D eigenvalue weighted by Gasteiger charge is 2.19. The average Bonchev–Trinajstić information content (AvgIpc) is 3.72. The van der Waals surface area contributed by atoms with Crippen LogP contribution in [-0.4, -0.2) is 13.7 Å². The van der Waals surface area contributed by atoms with Crippen LogP contribution in [0.3, 0.4) is 0 Å². The van der Waals surface area contributed by atoms with E-state index < -0.39 is 0 Å². The second-order valence-corrected chi connectivity index (χ2v) is 11.8. The lowest BCUT2D eigenvalue weighted by Gasteiger charge is -2.11. The first-order valence-corrected chi connectivity index (χ1v) is 15.6. The van der Waals surface area contributed by atoms with Crippen molar-refractivity contribution in [2.24, 2.45) is 0 Å². The SMILES string of the molecule is C#C/C=C\c1c(C)c2ccccc2n1-c1ccc2c(c1)c1cc(-n3c4ccccc4c4ccccc43)ccc1n2-c1ccccc1. The van der Waals surface area contributed by atoms with E-state index in [1.165, 1.54) is 54.6 Å². The minimum Gasteiger partial charge on any atom is -0.310 e. The molecule has 3 heteroatoms. The van der Waals surface area contributed by atoms with Gasteiger partial charge in [0.2, 0.25) is 0 Å². The number of para-hydroxylation sites is 4. The van der Waals surface area contributed by atoms with Gasteiger partial charge in [-0.1, -0.05) is 78.7 Å². The lowest BCUT2D eigenvalue weighted by molar-refractivity contribution is 1.10. The predicted molar refractivity (Wildman–Crippen MR) is 195 cm³/mol. The Hall–Kier alpha value is -6.24. The number of aromatic nitrogens is 3. The Balaban J connectivity index is 1.37. The highest BCUT2D eigenvalue weighted by Crippen LogP contribution is 2.39. The van der Waals surface area contributed by atoms with Gasteiger partial charge in [-0.3, -0.25) is 0 Å². The van der Waals surface area contributed by atoms with Crippen molar-refractivity contribution >= 4 is 60.6 Å². The van der Waals surface area contributed by atoms with Crippen LogP contribution in [0.2, 0.25) is 0 Å². The zero-order chi connectivity index (χ0) is 30.8. The fraction of sp³-hybridized carbons (Fsp3) is 0.0233. The first-order valence-electron chi connectivity index (χ1n) is 15.6. The van der Waals surface area contributed by atoms with E-state index in [-0.39, 0.29) is 0 Å². The van der Waals surface area contributed by atoms with Gasteiger partial charge in [0.15, 0.2) is 0 Å². The van der Waals surface area contributed by atoms with Crippen molar-refractivity contribution in [3.8, 4) is 29.4 Å². The number of nitrogens with zero attached hydrogens (tertiary/aromatic N) is 3. The number of aryl methyl sites for hydroxylation is 1. The van der Waals surface area contributed by atoms with Gasteiger partial charge in [-0.15, -0.1) is 6.42 Å². The van der Waals surface area contributed by atoms with Crippen LogP contribution >= 0.6 is 0 Å². The molecule has 0 aliphatic rings. The first-order chi connectivity index (χ1) is 22.7. The molecule has 3 aromatic heterocycles. The van der Waals surface area contributed by atoms with Crippen molar-refractivity contribution in [1.82, 2.24) is 13.7 Å². The zero-order valence-corrected chi connectivity index (χ0v) is 25.4. The van der Waals surface area contributed by atoms with Gasteiger partial charge in [-0.05, 0) is 91.4 Å². The second-order valence-electron chi connectivity index (χ2n) is 11.8. The summed E-state index contributed by atoms with van der Waals surface area (Å²) in [5.41, 5.74) is 11.6. The fourth-order valence-corrected chi connectivity index (χ4v) is 7.36. The fourth-order valence-electron chi connectivity index (χ4n) is 7.36. The molecule has 3 heterocycles. The van der Waals surface area contributed by atoms with Crippen molar-refractivity contribution in [1.29, 1.82) is 0 Å². The van der Waals surface area contributed by atoms with E-state index in [1.54, 1.807) is 6.08 Å². The van der Waals surface area contributed by atoms with E-state index in [9.17, 15) is 0 Å². The number of rotatable bonds is 4. The Labute approximate surface area is 266 Å². The van der Waals surface area contributed by atoms with Crippen LogP contribution in [0.25, 0.3) is 77.7 Å². The maximum atomic E-state index is 5.68. The van der Waals surface area contributed by atoms with E-state index in [0.29, 0.717) is 0 Å². The van der Waals surface area contributed by atoms with E-state index in [4.69, 9.17) is 6.42 Å². The number of benzene rings is 6. The largest absolute Gasteiger partial charge is 0.310 e. The number of allylic oxidation sites excluding steroid dienone is 1. The topological polar surface area (TPSA) is 14.8 Å². The molecule has 0 aliphatic carbocycles. The summed E-state index contributed by atoms with van der Waals surface area (Å²) in [5.74, 6) is 2.69. The van der Waals surface area contributed by atoms with E-state index in [0.717, 1.165) is 28.3 Å². The summed E-state index contributed by atoms with van der Waals surface area (Å²) in [7, 11) is 0. The molecule has 9 rings (SSSR count). The third-order valence-corrected chi connectivity index (χ3v) is 9.35. The zero-order valence-electron chi connectivity index (χ0n) is 25.4. The number of terminal acetylenes is 1. The second kappa shape index (κ2) is 10.2. The molecule has 0 saturated heterocycles. The van der Waals surface area contributed by atoms with Gasteiger partial charge >= 0.3 is 0 Å². The van der Waals surface area contributed by atoms with E-state index in [1.807, 2.05) is 6.08 Å². The smallest absolute Gasteiger partial charge is 0.0542 e. The number of hydrogen-bond donors (Lipinski definition) is 0. The van der Waals surface area contributed by atoms with Gasteiger partial charge in [-0.2, -0.15) is 0 Å². The highest BCUT2D eigenvalue weighted by atomic mass is 15.0. The molecule has 0 unspecified atom stereocenters. The molecule has 0 bridgehead atoms. The normalized spacial score (nSPS) is 11.9. The molecule has 0 spiro atoms. The van der Waals surface area contributed by atoms with Gasteiger partial charge in [0.1, 0.15) is 0 Å². The Morgan fingerprint density at radius 1 is 0.457 bits per heavy atom. The van der Waals surface area contributed by atoms with Crippen LogP contribution in [0.15, 0.2) is 146 Å². The third kappa shape index (κ3) is 3.74. The monoisotopic (exact) mass is 587 g/mol. The summed E-state index contributed by atoms with van der Waals surface area (Å²) in [5, 5.41) is 6.14. The minimum atomic E-state index is 1.09. The van der Waals surface area contributed by atoms with Crippen LogP contribution in [0.5, 0.6) is 0 Å². The third-order valence-electron chi connectivity index (χ3n) is 9.35. The lowest BCUT2D eigenvalue weighted by Crippen LogP contribution is -1.98. The lowest BCUT2D eigenvalue weighted by atomic mass is 10.1. The maximum absolute atomic E-state index is 5.68. The molecule has 3 nitrogen and oxygen atoms in total. The van der Waals surface area contributed by atoms with Crippen LogP contribution < -0.4 is 0 Å². The summed E-state index contributed by atoms with van der Waals surface area (Å²) in [6.45, 7) is 2.17. The summed E-state index contributed by atoms with van der Waals surface area (Å²) in [4.78, 5) is 0. The molecule has 0 fully saturated rings.